The van der Waals surface area contributed by atoms with Gasteiger partial charge in [0.15, 0.2) is 0 Å². The molecule has 5 heteroatoms. The van der Waals surface area contributed by atoms with Gasteiger partial charge in [-0.2, -0.15) is 5.10 Å². The molecule has 0 unspecified atom stereocenters. The Morgan fingerprint density at radius 1 is 1.53 bits per heavy atom. The van der Waals surface area contributed by atoms with Gasteiger partial charge in [-0.05, 0) is 13.0 Å². The SMILES string of the molecule is CCn1cc(-c2cccc(F)c2C(=O)O)cn1. The second kappa shape index (κ2) is 4.37. The van der Waals surface area contributed by atoms with E-state index in [1.54, 1.807) is 16.9 Å². The van der Waals surface area contributed by atoms with Crippen LogP contribution in [0.5, 0.6) is 0 Å². The zero-order valence-electron chi connectivity index (χ0n) is 9.22. The average molecular weight is 234 g/mol. The van der Waals surface area contributed by atoms with E-state index in [0.717, 1.165) is 6.07 Å². The summed E-state index contributed by atoms with van der Waals surface area (Å²) < 4.78 is 15.1. The smallest absolute Gasteiger partial charge is 0.339 e. The standard InChI is InChI=1S/C12H11FN2O2/c1-2-15-7-8(6-14-15)9-4-3-5-10(13)11(9)12(16)17/h3-7H,2H2,1H3,(H,16,17). The lowest BCUT2D eigenvalue weighted by atomic mass is 10.0. The van der Waals surface area contributed by atoms with Crippen LogP contribution in [0.25, 0.3) is 11.1 Å². The van der Waals surface area contributed by atoms with Crippen molar-refractivity contribution < 1.29 is 14.3 Å². The zero-order valence-corrected chi connectivity index (χ0v) is 9.22. The summed E-state index contributed by atoms with van der Waals surface area (Å²) in [6.45, 7) is 2.60. The summed E-state index contributed by atoms with van der Waals surface area (Å²) in [6.07, 6.45) is 3.23. The van der Waals surface area contributed by atoms with Crippen LogP contribution in [0.1, 0.15) is 17.3 Å². The first-order chi connectivity index (χ1) is 8.13. The predicted molar refractivity (Wildman–Crippen MR) is 60.3 cm³/mol. The minimum Gasteiger partial charge on any atom is -0.478 e. The summed E-state index contributed by atoms with van der Waals surface area (Å²) in [4.78, 5) is 11.0. The van der Waals surface area contributed by atoms with Crippen LogP contribution in [0.3, 0.4) is 0 Å². The van der Waals surface area contributed by atoms with E-state index in [2.05, 4.69) is 5.10 Å². The number of rotatable bonds is 3. The molecule has 0 atom stereocenters. The molecule has 2 aromatic rings. The monoisotopic (exact) mass is 234 g/mol. The molecule has 0 fully saturated rings. The first kappa shape index (κ1) is 11.3. The van der Waals surface area contributed by atoms with Gasteiger partial charge in [0.2, 0.25) is 0 Å². The Balaban J connectivity index is 2.58. The van der Waals surface area contributed by atoms with Crippen molar-refractivity contribution in [2.45, 2.75) is 13.5 Å². The van der Waals surface area contributed by atoms with Gasteiger partial charge in [0.05, 0.1) is 6.20 Å². The number of carbonyl (C=O) groups is 1. The third-order valence-corrected chi connectivity index (χ3v) is 2.50. The maximum Gasteiger partial charge on any atom is 0.339 e. The molecule has 4 nitrogen and oxygen atoms in total. The van der Waals surface area contributed by atoms with Crippen LogP contribution in [0, 0.1) is 5.82 Å². The van der Waals surface area contributed by atoms with Gasteiger partial charge < -0.3 is 5.11 Å². The largest absolute Gasteiger partial charge is 0.478 e. The molecule has 2 rings (SSSR count). The maximum absolute atomic E-state index is 13.5. The lowest BCUT2D eigenvalue weighted by molar-refractivity contribution is 0.0693. The molecule has 0 saturated heterocycles. The Morgan fingerprint density at radius 3 is 2.88 bits per heavy atom. The summed E-state index contributed by atoms with van der Waals surface area (Å²) in [5.41, 5.74) is 0.629. The minimum atomic E-state index is -1.28. The highest BCUT2D eigenvalue weighted by molar-refractivity contribution is 5.96. The van der Waals surface area contributed by atoms with Crippen LogP contribution < -0.4 is 0 Å². The average Bonchev–Trinajstić information content (AvgIpc) is 2.76. The van der Waals surface area contributed by atoms with Crippen LogP contribution in [0.15, 0.2) is 30.6 Å². The molecule has 1 aromatic heterocycles. The number of hydrogen-bond acceptors (Lipinski definition) is 2. The maximum atomic E-state index is 13.5. The van der Waals surface area contributed by atoms with Crippen LogP contribution in [0.4, 0.5) is 4.39 Å². The van der Waals surface area contributed by atoms with Crippen molar-refractivity contribution in [3.8, 4) is 11.1 Å². The number of benzene rings is 1. The number of aryl methyl sites for hydroxylation is 1. The molecule has 0 spiro atoms. The van der Waals surface area contributed by atoms with Gasteiger partial charge in [-0.3, -0.25) is 4.68 Å². The highest BCUT2D eigenvalue weighted by Crippen LogP contribution is 2.25. The van der Waals surface area contributed by atoms with Crippen molar-refractivity contribution >= 4 is 5.97 Å². The molecular formula is C12H11FN2O2. The quantitative estimate of drug-likeness (QED) is 0.887. The Kier molecular flexibility index (Phi) is 2.91. The number of aromatic carboxylic acids is 1. The summed E-state index contributed by atoms with van der Waals surface area (Å²) >= 11 is 0. The number of aromatic nitrogens is 2. The zero-order chi connectivity index (χ0) is 12.4. The van der Waals surface area contributed by atoms with E-state index in [4.69, 9.17) is 5.11 Å². The second-order valence-corrected chi connectivity index (χ2v) is 3.55. The number of nitrogens with zero attached hydrogens (tertiary/aromatic N) is 2. The Morgan fingerprint density at radius 2 is 2.29 bits per heavy atom. The van der Waals surface area contributed by atoms with Gasteiger partial charge in [0.1, 0.15) is 11.4 Å². The summed E-state index contributed by atoms with van der Waals surface area (Å²) in [6, 6.07) is 4.20. The van der Waals surface area contributed by atoms with Crippen molar-refractivity contribution in [1.82, 2.24) is 9.78 Å². The normalized spacial score (nSPS) is 10.5. The highest BCUT2D eigenvalue weighted by Gasteiger charge is 2.17. The van der Waals surface area contributed by atoms with Crippen molar-refractivity contribution in [2.75, 3.05) is 0 Å². The number of hydrogen-bond donors (Lipinski definition) is 1. The molecule has 1 aromatic carbocycles. The topological polar surface area (TPSA) is 55.1 Å². The molecule has 0 saturated carbocycles. The number of carboxylic acids is 1. The second-order valence-electron chi connectivity index (χ2n) is 3.55. The predicted octanol–water partition coefficient (Wildman–Crippen LogP) is 2.41. The van der Waals surface area contributed by atoms with E-state index >= 15 is 0 Å². The minimum absolute atomic E-state index is 0.317. The molecule has 1 heterocycles. The fraction of sp³-hybridized carbons (Fsp3) is 0.167. The number of halogens is 1. The fourth-order valence-corrected chi connectivity index (χ4v) is 1.66. The van der Waals surface area contributed by atoms with Crippen LogP contribution in [-0.4, -0.2) is 20.9 Å². The van der Waals surface area contributed by atoms with Crippen molar-refractivity contribution in [3.05, 3.63) is 42.0 Å². The molecule has 0 amide bonds. The molecule has 1 N–H and O–H groups in total. The fourth-order valence-electron chi connectivity index (χ4n) is 1.66. The molecule has 0 aliphatic rings. The molecule has 0 aliphatic heterocycles. The van der Waals surface area contributed by atoms with Crippen LogP contribution in [-0.2, 0) is 6.54 Å². The van der Waals surface area contributed by atoms with Gasteiger partial charge in [-0.1, -0.05) is 12.1 Å². The molecule has 17 heavy (non-hydrogen) atoms. The van der Waals surface area contributed by atoms with Crippen molar-refractivity contribution in [3.63, 3.8) is 0 Å². The first-order valence-electron chi connectivity index (χ1n) is 5.18. The van der Waals surface area contributed by atoms with E-state index in [1.807, 2.05) is 6.92 Å². The van der Waals surface area contributed by atoms with E-state index in [0.29, 0.717) is 17.7 Å². The van der Waals surface area contributed by atoms with E-state index in [-0.39, 0.29) is 5.56 Å². The van der Waals surface area contributed by atoms with Crippen molar-refractivity contribution in [2.24, 2.45) is 0 Å². The molecule has 88 valence electrons. The van der Waals surface area contributed by atoms with Gasteiger partial charge in [0, 0.05) is 23.9 Å². The lowest BCUT2D eigenvalue weighted by Gasteiger charge is -2.04. The summed E-state index contributed by atoms with van der Waals surface area (Å²) in [5.74, 6) is -2.01. The molecule has 0 radical (unpaired) electrons. The summed E-state index contributed by atoms with van der Waals surface area (Å²) in [7, 11) is 0. The highest BCUT2D eigenvalue weighted by atomic mass is 19.1. The Labute approximate surface area is 97.3 Å². The Hall–Kier alpha value is -2.17. The van der Waals surface area contributed by atoms with Gasteiger partial charge >= 0.3 is 5.97 Å². The first-order valence-corrected chi connectivity index (χ1v) is 5.18. The van der Waals surface area contributed by atoms with Gasteiger partial charge in [0.25, 0.3) is 0 Å². The third kappa shape index (κ3) is 2.04. The third-order valence-electron chi connectivity index (χ3n) is 2.50. The van der Waals surface area contributed by atoms with E-state index in [9.17, 15) is 9.18 Å². The lowest BCUT2D eigenvalue weighted by Crippen LogP contribution is -2.03. The van der Waals surface area contributed by atoms with E-state index in [1.165, 1.54) is 12.3 Å². The van der Waals surface area contributed by atoms with E-state index < -0.39 is 11.8 Å². The van der Waals surface area contributed by atoms with Crippen LogP contribution >= 0.6 is 0 Å². The number of carboxylic acid groups (broad SMARTS) is 1. The van der Waals surface area contributed by atoms with Crippen LogP contribution in [0.2, 0.25) is 0 Å². The van der Waals surface area contributed by atoms with Crippen molar-refractivity contribution in [1.29, 1.82) is 0 Å². The molecule has 0 bridgehead atoms. The summed E-state index contributed by atoms with van der Waals surface area (Å²) in [5, 5.41) is 13.0. The molecular weight excluding hydrogens is 223 g/mol. The van der Waals surface area contributed by atoms with Gasteiger partial charge in [-0.25, -0.2) is 9.18 Å². The Bertz CT molecular complexity index is 563. The molecule has 0 aliphatic carbocycles. The van der Waals surface area contributed by atoms with Gasteiger partial charge in [-0.15, -0.1) is 0 Å².